The van der Waals surface area contributed by atoms with E-state index in [1.807, 2.05) is 39.8 Å². The molecule has 0 N–H and O–H groups in total. The third-order valence-corrected chi connectivity index (χ3v) is 4.37. The maximum absolute atomic E-state index is 12.7. The Balaban J connectivity index is 1.81. The van der Waals surface area contributed by atoms with Crippen LogP contribution in [0.3, 0.4) is 0 Å². The molecule has 3 aromatic rings. The van der Waals surface area contributed by atoms with Gasteiger partial charge in [-0.3, -0.25) is 4.79 Å². The van der Waals surface area contributed by atoms with Crippen LogP contribution in [0.15, 0.2) is 24.4 Å². The Bertz CT molecular complexity index is 1020. The predicted molar refractivity (Wildman–Crippen MR) is 95.4 cm³/mol. The minimum Gasteiger partial charge on any atom is -0.448 e. The lowest BCUT2D eigenvalue weighted by molar-refractivity contribution is 0.0307. The Kier molecular flexibility index (Phi) is 4.54. The van der Waals surface area contributed by atoms with Crippen LogP contribution >= 0.6 is 0 Å². The fourth-order valence-corrected chi connectivity index (χ4v) is 2.70. The van der Waals surface area contributed by atoms with Crippen LogP contribution in [0.25, 0.3) is 5.78 Å². The molecule has 2 aromatic heterocycles. The molecular weight excluding hydrogens is 332 g/mol. The van der Waals surface area contributed by atoms with Crippen molar-refractivity contribution in [2.75, 3.05) is 0 Å². The summed E-state index contributed by atoms with van der Waals surface area (Å²) in [5.74, 6) is -0.821. The van der Waals surface area contributed by atoms with Crippen LogP contribution in [0.2, 0.25) is 0 Å². The largest absolute Gasteiger partial charge is 0.448 e. The average molecular weight is 352 g/mol. The normalized spacial score (nSPS) is 12.2. The highest BCUT2D eigenvalue weighted by Crippen LogP contribution is 2.18. The second-order valence-electron chi connectivity index (χ2n) is 6.40. The van der Waals surface area contributed by atoms with Crippen LogP contribution in [0.4, 0.5) is 0 Å². The molecule has 2 heterocycles. The van der Waals surface area contributed by atoms with Gasteiger partial charge in [-0.05, 0) is 63.4 Å². The van der Waals surface area contributed by atoms with Gasteiger partial charge in [-0.15, -0.1) is 5.10 Å². The standard InChI is InChI=1S/C19H20N4O3/c1-10-8-12(3)15(9-11(10)2)16(24)14(5)26-18(25)17-21-19-20-7-6-13(4)23(19)22-17/h6-9,14H,1-5H3/t14-/m0/s1. The number of hydrogen-bond donors (Lipinski definition) is 0. The van der Waals surface area contributed by atoms with Crippen molar-refractivity contribution in [1.29, 1.82) is 0 Å². The van der Waals surface area contributed by atoms with Gasteiger partial charge >= 0.3 is 5.97 Å². The van der Waals surface area contributed by atoms with E-state index < -0.39 is 12.1 Å². The van der Waals surface area contributed by atoms with E-state index in [1.165, 1.54) is 4.52 Å². The van der Waals surface area contributed by atoms with E-state index in [1.54, 1.807) is 19.2 Å². The molecule has 0 aliphatic rings. The van der Waals surface area contributed by atoms with Gasteiger partial charge in [-0.25, -0.2) is 14.3 Å². The van der Waals surface area contributed by atoms with Gasteiger partial charge in [0.1, 0.15) is 0 Å². The van der Waals surface area contributed by atoms with E-state index in [2.05, 4.69) is 15.1 Å². The number of aryl methyl sites for hydroxylation is 4. The Morgan fingerprint density at radius 2 is 1.77 bits per heavy atom. The van der Waals surface area contributed by atoms with Crippen molar-refractivity contribution in [2.24, 2.45) is 0 Å². The highest BCUT2D eigenvalue weighted by molar-refractivity contribution is 6.02. The Hall–Kier alpha value is -3.09. The molecule has 0 radical (unpaired) electrons. The Labute approximate surface area is 151 Å². The predicted octanol–water partition coefficient (Wildman–Crippen LogP) is 2.79. The molecule has 0 aliphatic carbocycles. The summed E-state index contributed by atoms with van der Waals surface area (Å²) in [6.07, 6.45) is 0.646. The van der Waals surface area contributed by atoms with E-state index in [4.69, 9.17) is 4.74 Å². The number of rotatable bonds is 4. The van der Waals surface area contributed by atoms with Crippen molar-refractivity contribution in [2.45, 2.75) is 40.7 Å². The molecule has 0 bridgehead atoms. The molecule has 134 valence electrons. The van der Waals surface area contributed by atoms with Crippen molar-refractivity contribution >= 4 is 17.5 Å². The number of hydrogen-bond acceptors (Lipinski definition) is 6. The van der Waals surface area contributed by atoms with Gasteiger partial charge in [0, 0.05) is 17.5 Å². The molecule has 1 aromatic carbocycles. The number of Topliss-reactive ketones (excluding diaryl/α,β-unsaturated/α-hetero) is 1. The van der Waals surface area contributed by atoms with Crippen LogP contribution in [0, 0.1) is 27.7 Å². The van der Waals surface area contributed by atoms with Crippen molar-refractivity contribution in [3.05, 3.63) is 58.2 Å². The van der Waals surface area contributed by atoms with Gasteiger partial charge in [0.25, 0.3) is 11.6 Å². The number of ketones is 1. The van der Waals surface area contributed by atoms with Crippen molar-refractivity contribution in [3.63, 3.8) is 0 Å². The smallest absolute Gasteiger partial charge is 0.379 e. The van der Waals surface area contributed by atoms with E-state index >= 15 is 0 Å². The molecule has 26 heavy (non-hydrogen) atoms. The molecule has 0 unspecified atom stereocenters. The molecule has 0 fully saturated rings. The second kappa shape index (κ2) is 6.67. The Morgan fingerprint density at radius 3 is 2.46 bits per heavy atom. The summed E-state index contributed by atoms with van der Waals surface area (Å²) in [6, 6.07) is 5.54. The molecule has 7 nitrogen and oxygen atoms in total. The molecule has 7 heteroatoms. The number of carbonyl (C=O) groups excluding carboxylic acids is 2. The van der Waals surface area contributed by atoms with E-state index in [9.17, 15) is 9.59 Å². The third kappa shape index (κ3) is 3.20. The maximum atomic E-state index is 12.7. The van der Waals surface area contributed by atoms with Crippen LogP contribution in [-0.2, 0) is 4.74 Å². The summed E-state index contributed by atoms with van der Waals surface area (Å²) in [5.41, 5.74) is 4.32. The van der Waals surface area contributed by atoms with Crippen LogP contribution in [0.1, 0.15) is 50.3 Å². The van der Waals surface area contributed by atoms with E-state index in [0.717, 1.165) is 22.4 Å². The van der Waals surface area contributed by atoms with E-state index in [-0.39, 0.29) is 11.6 Å². The van der Waals surface area contributed by atoms with Crippen LogP contribution < -0.4 is 0 Å². The highest BCUT2D eigenvalue weighted by Gasteiger charge is 2.24. The zero-order chi connectivity index (χ0) is 19.0. The lowest BCUT2D eigenvalue weighted by Crippen LogP contribution is -2.25. The second-order valence-corrected chi connectivity index (χ2v) is 6.40. The monoisotopic (exact) mass is 352 g/mol. The summed E-state index contributed by atoms with van der Waals surface area (Å²) in [4.78, 5) is 33.1. The molecule has 3 rings (SSSR count). The van der Waals surface area contributed by atoms with Gasteiger partial charge in [0.05, 0.1) is 0 Å². The third-order valence-electron chi connectivity index (χ3n) is 4.37. The van der Waals surface area contributed by atoms with Crippen LogP contribution in [-0.4, -0.2) is 37.4 Å². The van der Waals surface area contributed by atoms with Crippen molar-refractivity contribution < 1.29 is 14.3 Å². The fraction of sp³-hybridized carbons (Fsp3) is 0.316. The van der Waals surface area contributed by atoms with Crippen LogP contribution in [0.5, 0.6) is 0 Å². The summed E-state index contributed by atoms with van der Waals surface area (Å²) < 4.78 is 6.75. The zero-order valence-corrected chi connectivity index (χ0v) is 15.4. The summed E-state index contributed by atoms with van der Waals surface area (Å²) in [7, 11) is 0. The zero-order valence-electron chi connectivity index (χ0n) is 15.4. The number of carbonyl (C=O) groups is 2. The van der Waals surface area contributed by atoms with Gasteiger partial charge in [0.2, 0.25) is 5.78 Å². The quantitative estimate of drug-likeness (QED) is 0.530. The summed E-state index contributed by atoms with van der Waals surface area (Å²) in [6.45, 7) is 9.18. The summed E-state index contributed by atoms with van der Waals surface area (Å²) in [5, 5.41) is 4.10. The Morgan fingerprint density at radius 1 is 1.08 bits per heavy atom. The SMILES string of the molecule is Cc1cc(C)c(C(=O)[C@H](C)OC(=O)c2nc3nccc(C)n3n2)cc1C. The molecule has 0 aliphatic heterocycles. The number of nitrogens with zero attached hydrogens (tertiary/aromatic N) is 4. The highest BCUT2D eigenvalue weighted by atomic mass is 16.5. The first-order chi connectivity index (χ1) is 12.3. The van der Waals surface area contributed by atoms with Crippen molar-refractivity contribution in [3.8, 4) is 0 Å². The first kappa shape index (κ1) is 17.7. The maximum Gasteiger partial charge on any atom is 0.379 e. The number of fused-ring (bicyclic) bond motifs is 1. The minimum absolute atomic E-state index is 0.122. The number of ether oxygens (including phenoxy) is 1. The van der Waals surface area contributed by atoms with Gasteiger partial charge in [-0.1, -0.05) is 6.07 Å². The molecule has 1 atom stereocenters. The average Bonchev–Trinajstić information content (AvgIpc) is 3.03. The van der Waals surface area contributed by atoms with Gasteiger partial charge < -0.3 is 4.74 Å². The van der Waals surface area contributed by atoms with Crippen molar-refractivity contribution in [1.82, 2.24) is 19.6 Å². The molecular formula is C19H20N4O3. The lowest BCUT2D eigenvalue weighted by Gasteiger charge is -2.14. The number of esters is 1. The molecule has 0 saturated carbocycles. The molecule has 0 amide bonds. The topological polar surface area (TPSA) is 86.5 Å². The number of aromatic nitrogens is 4. The van der Waals surface area contributed by atoms with E-state index in [0.29, 0.717) is 11.3 Å². The first-order valence-electron chi connectivity index (χ1n) is 8.29. The molecule has 0 saturated heterocycles. The first-order valence-corrected chi connectivity index (χ1v) is 8.29. The number of benzene rings is 1. The fourth-order valence-electron chi connectivity index (χ4n) is 2.70. The lowest BCUT2D eigenvalue weighted by atomic mass is 9.96. The molecule has 0 spiro atoms. The van der Waals surface area contributed by atoms with Gasteiger partial charge in [-0.2, -0.15) is 4.98 Å². The van der Waals surface area contributed by atoms with Gasteiger partial charge in [0.15, 0.2) is 6.10 Å². The summed E-state index contributed by atoms with van der Waals surface area (Å²) >= 11 is 0. The minimum atomic E-state index is -0.941.